The van der Waals surface area contributed by atoms with Gasteiger partial charge in [-0.15, -0.1) is 0 Å². The van der Waals surface area contributed by atoms with Crippen molar-refractivity contribution >= 4 is 12.1 Å². The number of carbonyl (C=O) groups is 2. The Hall–Kier alpha value is -2.86. The van der Waals surface area contributed by atoms with Gasteiger partial charge in [-0.1, -0.05) is 55.5 Å². The van der Waals surface area contributed by atoms with E-state index in [1.54, 1.807) is 0 Å². The summed E-state index contributed by atoms with van der Waals surface area (Å²) in [6.45, 7) is 2.47. The van der Waals surface area contributed by atoms with Crippen molar-refractivity contribution in [2.75, 3.05) is 26.9 Å². The average molecular weight is 383 g/mol. The number of hydrogen-bond donors (Lipinski definition) is 1. The molecule has 0 saturated carbocycles. The molecule has 0 bridgehead atoms. The van der Waals surface area contributed by atoms with Crippen molar-refractivity contribution in [1.82, 2.24) is 4.90 Å². The Balaban J connectivity index is 1.69. The number of carboxylic acid groups (broad SMARTS) is 1. The highest BCUT2D eigenvalue weighted by molar-refractivity contribution is 5.81. The summed E-state index contributed by atoms with van der Waals surface area (Å²) in [4.78, 5) is 25.1. The van der Waals surface area contributed by atoms with Gasteiger partial charge in [-0.05, 0) is 28.7 Å². The van der Waals surface area contributed by atoms with Gasteiger partial charge in [0.25, 0.3) is 0 Å². The number of fused-ring (bicyclic) bond motifs is 3. The fourth-order valence-electron chi connectivity index (χ4n) is 3.51. The first kappa shape index (κ1) is 19.9. The summed E-state index contributed by atoms with van der Waals surface area (Å²) < 4.78 is 10.8. The van der Waals surface area contributed by atoms with Gasteiger partial charge in [0, 0.05) is 19.6 Å². The van der Waals surface area contributed by atoms with Crippen LogP contribution in [0.2, 0.25) is 0 Å². The highest BCUT2D eigenvalue weighted by Gasteiger charge is 2.31. The predicted molar refractivity (Wildman–Crippen MR) is 105 cm³/mol. The molecule has 0 radical (unpaired) electrons. The van der Waals surface area contributed by atoms with Crippen molar-refractivity contribution in [3.8, 4) is 11.1 Å². The molecule has 3 rings (SSSR count). The van der Waals surface area contributed by atoms with Crippen molar-refractivity contribution in [3.05, 3.63) is 59.7 Å². The van der Waals surface area contributed by atoms with E-state index in [9.17, 15) is 14.7 Å². The number of hydrogen-bond acceptors (Lipinski definition) is 4. The summed E-state index contributed by atoms with van der Waals surface area (Å²) >= 11 is 0. The highest BCUT2D eigenvalue weighted by atomic mass is 16.6. The quantitative estimate of drug-likeness (QED) is 0.703. The van der Waals surface area contributed by atoms with Crippen LogP contribution in [0.5, 0.6) is 0 Å². The van der Waals surface area contributed by atoms with Crippen LogP contribution in [-0.4, -0.2) is 55.0 Å². The average Bonchev–Trinajstić information content (AvgIpc) is 3.02. The molecule has 2 aromatic rings. The second-order valence-electron chi connectivity index (χ2n) is 6.84. The first-order valence-corrected chi connectivity index (χ1v) is 9.43. The van der Waals surface area contributed by atoms with E-state index in [1.807, 2.05) is 43.3 Å². The highest BCUT2D eigenvalue weighted by Crippen LogP contribution is 2.44. The summed E-state index contributed by atoms with van der Waals surface area (Å²) in [7, 11) is 1.42. The summed E-state index contributed by atoms with van der Waals surface area (Å²) in [5.74, 6) is -1.18. The Morgan fingerprint density at radius 3 is 2.18 bits per heavy atom. The monoisotopic (exact) mass is 383 g/mol. The Labute approximate surface area is 164 Å². The molecular formula is C22H25NO5. The van der Waals surface area contributed by atoms with Crippen LogP contribution in [0.15, 0.2) is 48.5 Å². The summed E-state index contributed by atoms with van der Waals surface area (Å²) in [5.41, 5.74) is 4.51. The molecular weight excluding hydrogens is 358 g/mol. The van der Waals surface area contributed by atoms with Crippen LogP contribution in [-0.2, 0) is 14.3 Å². The van der Waals surface area contributed by atoms with Crippen LogP contribution in [0.4, 0.5) is 4.79 Å². The summed E-state index contributed by atoms with van der Waals surface area (Å²) in [6, 6.07) is 15.0. The van der Waals surface area contributed by atoms with E-state index in [-0.39, 0.29) is 19.1 Å². The maximum absolute atomic E-state index is 12.5. The van der Waals surface area contributed by atoms with Crippen molar-refractivity contribution in [2.45, 2.75) is 25.3 Å². The van der Waals surface area contributed by atoms with Crippen LogP contribution in [0.1, 0.15) is 30.4 Å². The molecule has 0 aliphatic heterocycles. The lowest BCUT2D eigenvalue weighted by atomic mass is 9.98. The number of likely N-dealkylation sites (N-methyl/N-ethyl adjacent to an activating group) is 1. The fraction of sp³-hybridized carbons (Fsp3) is 0.364. The lowest BCUT2D eigenvalue weighted by Gasteiger charge is -2.25. The Kier molecular flexibility index (Phi) is 6.31. The molecule has 28 heavy (non-hydrogen) atoms. The van der Waals surface area contributed by atoms with Gasteiger partial charge in [-0.3, -0.25) is 4.90 Å². The first-order valence-electron chi connectivity index (χ1n) is 9.43. The van der Waals surface area contributed by atoms with E-state index >= 15 is 0 Å². The van der Waals surface area contributed by atoms with E-state index in [0.29, 0.717) is 6.61 Å². The van der Waals surface area contributed by atoms with Gasteiger partial charge in [-0.25, -0.2) is 9.59 Å². The molecule has 1 N–H and O–H groups in total. The van der Waals surface area contributed by atoms with Gasteiger partial charge in [0.15, 0.2) is 6.04 Å². The number of aliphatic carboxylic acids is 1. The van der Waals surface area contributed by atoms with Crippen LogP contribution in [0, 0.1) is 0 Å². The van der Waals surface area contributed by atoms with Gasteiger partial charge in [0.1, 0.15) is 6.61 Å². The lowest BCUT2D eigenvalue weighted by Crippen LogP contribution is -2.45. The molecule has 6 nitrogen and oxygen atoms in total. The molecule has 6 heteroatoms. The topological polar surface area (TPSA) is 76.1 Å². The molecule has 0 heterocycles. The molecule has 0 saturated heterocycles. The van der Waals surface area contributed by atoms with Crippen LogP contribution >= 0.6 is 0 Å². The maximum Gasteiger partial charge on any atom is 0.410 e. The normalized spacial score (nSPS) is 13.5. The van der Waals surface area contributed by atoms with Crippen molar-refractivity contribution in [2.24, 2.45) is 0 Å². The van der Waals surface area contributed by atoms with E-state index in [4.69, 9.17) is 9.47 Å². The molecule has 1 amide bonds. The van der Waals surface area contributed by atoms with Gasteiger partial charge in [0.2, 0.25) is 0 Å². The predicted octanol–water partition coefficient (Wildman–Crippen LogP) is 3.75. The number of rotatable bonds is 8. The van der Waals surface area contributed by atoms with E-state index < -0.39 is 18.1 Å². The zero-order valence-corrected chi connectivity index (χ0v) is 16.1. The Bertz CT molecular complexity index is 805. The first-order chi connectivity index (χ1) is 13.5. The third kappa shape index (κ3) is 4.02. The largest absolute Gasteiger partial charge is 0.480 e. The minimum Gasteiger partial charge on any atom is -0.480 e. The van der Waals surface area contributed by atoms with Crippen molar-refractivity contribution < 1.29 is 24.2 Å². The zero-order valence-electron chi connectivity index (χ0n) is 16.1. The number of benzene rings is 2. The molecule has 2 aromatic carbocycles. The molecule has 0 aromatic heterocycles. The number of amides is 1. The Morgan fingerprint density at radius 2 is 1.64 bits per heavy atom. The number of carboxylic acids is 1. The second kappa shape index (κ2) is 8.89. The molecule has 1 aliphatic rings. The fourth-order valence-corrected chi connectivity index (χ4v) is 3.51. The molecule has 1 atom stereocenters. The molecule has 1 aliphatic carbocycles. The minimum atomic E-state index is -1.12. The molecule has 1 unspecified atom stereocenters. The van der Waals surface area contributed by atoms with Gasteiger partial charge < -0.3 is 14.6 Å². The maximum atomic E-state index is 12.5. The SMILES string of the molecule is CCCOCC(C(=O)O)N(C)C(=O)OCC1c2ccccc2-c2ccccc21. The lowest BCUT2D eigenvalue weighted by molar-refractivity contribution is -0.144. The minimum absolute atomic E-state index is 0.0654. The zero-order chi connectivity index (χ0) is 20.1. The van der Waals surface area contributed by atoms with Crippen LogP contribution in [0.25, 0.3) is 11.1 Å². The summed E-state index contributed by atoms with van der Waals surface area (Å²) in [5, 5.41) is 9.40. The van der Waals surface area contributed by atoms with E-state index in [0.717, 1.165) is 33.6 Å². The van der Waals surface area contributed by atoms with Crippen LogP contribution in [0.3, 0.4) is 0 Å². The molecule has 0 spiro atoms. The van der Waals surface area contributed by atoms with Gasteiger partial charge in [-0.2, -0.15) is 0 Å². The van der Waals surface area contributed by atoms with E-state index in [1.165, 1.54) is 7.05 Å². The summed E-state index contributed by atoms with van der Waals surface area (Å²) in [6.07, 6.45) is 0.107. The van der Waals surface area contributed by atoms with Gasteiger partial charge >= 0.3 is 12.1 Å². The molecule has 148 valence electrons. The number of nitrogens with zero attached hydrogens (tertiary/aromatic N) is 1. The third-order valence-corrected chi connectivity index (χ3v) is 5.00. The third-order valence-electron chi connectivity index (χ3n) is 5.00. The van der Waals surface area contributed by atoms with E-state index in [2.05, 4.69) is 12.1 Å². The number of ether oxygens (including phenoxy) is 2. The smallest absolute Gasteiger partial charge is 0.410 e. The van der Waals surface area contributed by atoms with Crippen LogP contribution < -0.4 is 0 Å². The Morgan fingerprint density at radius 1 is 1.07 bits per heavy atom. The van der Waals surface area contributed by atoms with Gasteiger partial charge in [0.05, 0.1) is 6.61 Å². The second-order valence-corrected chi connectivity index (χ2v) is 6.84. The van der Waals surface area contributed by atoms with Crippen molar-refractivity contribution in [3.63, 3.8) is 0 Å². The van der Waals surface area contributed by atoms with Crippen molar-refractivity contribution in [1.29, 1.82) is 0 Å². The number of carbonyl (C=O) groups excluding carboxylic acids is 1. The molecule has 0 fully saturated rings. The standard InChI is InChI=1S/C22H25NO5/c1-3-12-27-14-20(21(24)25)23(2)22(26)28-13-19-17-10-6-4-8-15(17)16-9-5-7-11-18(16)19/h4-11,19-20H,3,12-14H2,1-2H3,(H,24,25).